The number of carboxylic acids is 1. The van der Waals surface area contributed by atoms with Crippen LogP contribution in [-0.2, 0) is 0 Å². The predicted octanol–water partition coefficient (Wildman–Crippen LogP) is 1.70. The highest BCUT2D eigenvalue weighted by Gasteiger charge is 2.21. The summed E-state index contributed by atoms with van der Waals surface area (Å²) in [6.45, 7) is 5.90. The number of hydrogen-bond acceptors (Lipinski definition) is 5. The number of likely N-dealkylation sites (N-methyl/N-ethyl adjacent to an activating group) is 1. The molecule has 1 N–H and O–H groups in total. The Kier molecular flexibility index (Phi) is 3.98. The van der Waals surface area contributed by atoms with Gasteiger partial charge in [-0.05, 0) is 6.92 Å². The largest absolute Gasteiger partial charge is 0.478 e. The third-order valence-electron chi connectivity index (χ3n) is 2.16. The zero-order valence-electron chi connectivity index (χ0n) is 10.1. The monoisotopic (exact) mass is 251 g/mol. The number of carboxylic acid groups (broad SMARTS) is 1. The highest BCUT2D eigenvalue weighted by molar-refractivity contribution is 5.88. The first-order chi connectivity index (χ1) is 8.32. The molecule has 96 valence electrons. The molecule has 0 unspecified atom stereocenters. The molecule has 0 radical (unpaired) electrons. The van der Waals surface area contributed by atoms with Crippen LogP contribution >= 0.6 is 0 Å². The van der Waals surface area contributed by atoms with E-state index in [1.165, 1.54) is 0 Å². The molecule has 0 saturated carbocycles. The van der Waals surface area contributed by atoms with Gasteiger partial charge in [-0.25, -0.2) is 9.78 Å². The second-order valence-electron chi connectivity index (χ2n) is 3.94. The maximum Gasteiger partial charge on any atom is 0.337 e. The van der Waals surface area contributed by atoms with Gasteiger partial charge in [0.15, 0.2) is 0 Å². The van der Waals surface area contributed by atoms with Gasteiger partial charge in [0.1, 0.15) is 0 Å². The molecule has 0 atom stereocenters. The molecule has 0 aliphatic rings. The second-order valence-corrected chi connectivity index (χ2v) is 3.94. The molecule has 7 nitrogen and oxygen atoms in total. The van der Waals surface area contributed by atoms with Crippen LogP contribution < -0.4 is 4.90 Å². The molecule has 1 heterocycles. The molecule has 0 fully saturated rings. The molecule has 0 aliphatic heterocycles. The van der Waals surface area contributed by atoms with Crippen LogP contribution in [-0.4, -0.2) is 34.6 Å². The van der Waals surface area contributed by atoms with Gasteiger partial charge < -0.3 is 10.0 Å². The quantitative estimate of drug-likeness (QED) is 0.486. The van der Waals surface area contributed by atoms with Crippen LogP contribution in [0.4, 0.5) is 11.5 Å². The highest BCUT2D eigenvalue weighted by atomic mass is 16.6. The number of carbonyl (C=O) groups is 1. The average Bonchev–Trinajstić information content (AvgIpc) is 2.26. The molecule has 0 amide bonds. The molecule has 1 aromatic rings. The van der Waals surface area contributed by atoms with E-state index in [0.717, 1.165) is 17.8 Å². The summed E-state index contributed by atoms with van der Waals surface area (Å²) in [4.78, 5) is 26.4. The van der Waals surface area contributed by atoms with Crippen LogP contribution in [0.2, 0.25) is 0 Å². The van der Waals surface area contributed by atoms with Crippen molar-refractivity contribution in [3.63, 3.8) is 0 Å². The minimum absolute atomic E-state index is 0.119. The fourth-order valence-electron chi connectivity index (χ4n) is 1.47. The lowest BCUT2D eigenvalue weighted by Crippen LogP contribution is -2.21. The van der Waals surface area contributed by atoms with E-state index in [9.17, 15) is 14.9 Å². The summed E-state index contributed by atoms with van der Waals surface area (Å²) in [5.74, 6) is -1.13. The number of nitrogens with zero attached hydrogens (tertiary/aromatic N) is 3. The van der Waals surface area contributed by atoms with E-state index in [4.69, 9.17) is 5.11 Å². The summed E-state index contributed by atoms with van der Waals surface area (Å²) in [6, 6.07) is 1.000. The summed E-state index contributed by atoms with van der Waals surface area (Å²) in [5.41, 5.74) is 0.267. The van der Waals surface area contributed by atoms with Gasteiger partial charge in [-0.2, -0.15) is 0 Å². The van der Waals surface area contributed by atoms with Crippen LogP contribution in [0.15, 0.2) is 24.4 Å². The van der Waals surface area contributed by atoms with Crippen molar-refractivity contribution in [3.05, 3.63) is 40.1 Å². The minimum Gasteiger partial charge on any atom is -0.478 e. The molecular formula is C11H13N3O4. The van der Waals surface area contributed by atoms with E-state index in [0.29, 0.717) is 6.54 Å². The van der Waals surface area contributed by atoms with Crippen molar-refractivity contribution in [2.75, 3.05) is 18.5 Å². The predicted molar refractivity (Wildman–Crippen MR) is 65.9 cm³/mol. The second kappa shape index (κ2) is 5.26. The molecule has 0 bridgehead atoms. The standard InChI is InChI=1S/C11H13N3O4/c1-7(2)6-13(3)10-9(14(17)18)4-8(5-12-10)11(15)16/h4-5H,1,6H2,2-3H3,(H,15,16). The number of aromatic carboxylic acids is 1. The Hall–Kier alpha value is -2.44. The van der Waals surface area contributed by atoms with Crippen molar-refractivity contribution in [1.29, 1.82) is 0 Å². The van der Waals surface area contributed by atoms with Crippen LogP contribution in [0.1, 0.15) is 17.3 Å². The van der Waals surface area contributed by atoms with E-state index in [1.807, 2.05) is 0 Å². The lowest BCUT2D eigenvalue weighted by Gasteiger charge is -2.17. The Morgan fingerprint density at radius 3 is 2.72 bits per heavy atom. The molecule has 0 saturated heterocycles. The van der Waals surface area contributed by atoms with Gasteiger partial charge in [0.05, 0.1) is 10.5 Å². The number of anilines is 1. The van der Waals surface area contributed by atoms with Crippen LogP contribution in [0, 0.1) is 10.1 Å². The van der Waals surface area contributed by atoms with Gasteiger partial charge >= 0.3 is 11.7 Å². The molecule has 0 aliphatic carbocycles. The van der Waals surface area contributed by atoms with Crippen LogP contribution in [0.3, 0.4) is 0 Å². The summed E-state index contributed by atoms with van der Waals surface area (Å²) >= 11 is 0. The number of pyridine rings is 1. The molecule has 18 heavy (non-hydrogen) atoms. The Balaban J connectivity index is 3.23. The number of rotatable bonds is 5. The fourth-order valence-corrected chi connectivity index (χ4v) is 1.47. The molecule has 0 aromatic carbocycles. The minimum atomic E-state index is -1.25. The van der Waals surface area contributed by atoms with Crippen molar-refractivity contribution in [1.82, 2.24) is 4.98 Å². The maximum atomic E-state index is 10.9. The zero-order valence-corrected chi connectivity index (χ0v) is 10.1. The van der Waals surface area contributed by atoms with E-state index in [1.54, 1.807) is 18.9 Å². The normalized spacial score (nSPS) is 9.89. The first-order valence-corrected chi connectivity index (χ1v) is 5.06. The van der Waals surface area contributed by atoms with E-state index < -0.39 is 10.9 Å². The molecule has 0 spiro atoms. The van der Waals surface area contributed by atoms with Crippen molar-refractivity contribution < 1.29 is 14.8 Å². The van der Waals surface area contributed by atoms with E-state index in [-0.39, 0.29) is 17.1 Å². The van der Waals surface area contributed by atoms with Crippen molar-refractivity contribution >= 4 is 17.5 Å². The summed E-state index contributed by atoms with van der Waals surface area (Å²) in [7, 11) is 1.63. The molecule has 1 rings (SSSR count). The van der Waals surface area contributed by atoms with Gasteiger partial charge in [0.25, 0.3) is 0 Å². The average molecular weight is 251 g/mol. The van der Waals surface area contributed by atoms with Gasteiger partial charge in [-0.3, -0.25) is 10.1 Å². The maximum absolute atomic E-state index is 10.9. The van der Waals surface area contributed by atoms with E-state index in [2.05, 4.69) is 11.6 Å². The lowest BCUT2D eigenvalue weighted by molar-refractivity contribution is -0.384. The van der Waals surface area contributed by atoms with E-state index >= 15 is 0 Å². The summed E-state index contributed by atoms with van der Waals surface area (Å²) in [5, 5.41) is 19.7. The molecule has 7 heteroatoms. The van der Waals surface area contributed by atoms with Crippen molar-refractivity contribution in [2.24, 2.45) is 0 Å². The van der Waals surface area contributed by atoms with Gasteiger partial charge in [-0.1, -0.05) is 12.2 Å². The Labute approximate surface area is 104 Å². The number of hydrogen-bond donors (Lipinski definition) is 1. The summed E-state index contributed by atoms with van der Waals surface area (Å²) < 4.78 is 0. The lowest BCUT2D eigenvalue weighted by atomic mass is 10.2. The highest BCUT2D eigenvalue weighted by Crippen LogP contribution is 2.26. The van der Waals surface area contributed by atoms with Crippen molar-refractivity contribution in [3.8, 4) is 0 Å². The number of nitro groups is 1. The fraction of sp³-hybridized carbons (Fsp3) is 0.273. The van der Waals surface area contributed by atoms with Crippen molar-refractivity contribution in [2.45, 2.75) is 6.92 Å². The molecule has 1 aromatic heterocycles. The Morgan fingerprint density at radius 2 is 2.28 bits per heavy atom. The molecular weight excluding hydrogens is 238 g/mol. The van der Waals surface area contributed by atoms with Crippen LogP contribution in [0.25, 0.3) is 0 Å². The van der Waals surface area contributed by atoms with Gasteiger partial charge in [0.2, 0.25) is 5.82 Å². The topological polar surface area (TPSA) is 96.6 Å². The zero-order chi connectivity index (χ0) is 13.9. The Bertz CT molecular complexity index is 513. The third-order valence-corrected chi connectivity index (χ3v) is 2.16. The first-order valence-electron chi connectivity index (χ1n) is 5.06. The third kappa shape index (κ3) is 3.03. The van der Waals surface area contributed by atoms with Gasteiger partial charge in [0, 0.05) is 25.9 Å². The smallest absolute Gasteiger partial charge is 0.337 e. The van der Waals surface area contributed by atoms with Gasteiger partial charge in [-0.15, -0.1) is 0 Å². The SMILES string of the molecule is C=C(C)CN(C)c1ncc(C(=O)O)cc1[N+](=O)[O-]. The summed E-state index contributed by atoms with van der Waals surface area (Å²) in [6.07, 6.45) is 1.10. The number of aromatic nitrogens is 1. The van der Waals surface area contributed by atoms with Crippen LogP contribution in [0.5, 0.6) is 0 Å². The Morgan fingerprint density at radius 1 is 1.67 bits per heavy atom. The first kappa shape index (κ1) is 13.6.